The number of H-pyrrole nitrogens is 1. The van der Waals surface area contributed by atoms with Gasteiger partial charge in [0.2, 0.25) is 0 Å². The lowest BCUT2D eigenvalue weighted by molar-refractivity contribution is -0.137. The van der Waals surface area contributed by atoms with Gasteiger partial charge in [0.05, 0.1) is 24.1 Å². The highest BCUT2D eigenvalue weighted by molar-refractivity contribution is 5.58. The maximum absolute atomic E-state index is 13.2. The maximum atomic E-state index is 13.2. The standard InChI is InChI=1S/C20H23F3N4/c21-20(22,23)15-1-2-17-14(5-15)8-24-10-18(19-4-3-13(6-19)7-19)27(17)11-16-9-25-12-26-16/h1-2,5,9,12-13,18,24H,3-4,6-8,10-11H2,(H,25,26). The van der Waals surface area contributed by atoms with Crippen molar-refractivity contribution in [2.24, 2.45) is 11.3 Å². The van der Waals surface area contributed by atoms with Crippen LogP contribution < -0.4 is 10.2 Å². The molecule has 2 bridgehead atoms. The Morgan fingerprint density at radius 3 is 2.78 bits per heavy atom. The summed E-state index contributed by atoms with van der Waals surface area (Å²) in [5, 5.41) is 3.43. The first kappa shape index (κ1) is 17.1. The number of halogens is 3. The topological polar surface area (TPSA) is 44.0 Å². The third-order valence-electron chi connectivity index (χ3n) is 6.79. The second-order valence-corrected chi connectivity index (χ2v) is 8.37. The van der Waals surface area contributed by atoms with Crippen molar-refractivity contribution < 1.29 is 13.2 Å². The van der Waals surface area contributed by atoms with E-state index in [0.717, 1.165) is 29.4 Å². The number of hydrogen-bond donors (Lipinski definition) is 2. The van der Waals surface area contributed by atoms with Crippen LogP contribution in [-0.2, 0) is 19.3 Å². The molecule has 7 heteroatoms. The van der Waals surface area contributed by atoms with E-state index < -0.39 is 11.7 Å². The molecule has 2 heterocycles. The zero-order chi connectivity index (χ0) is 18.6. The summed E-state index contributed by atoms with van der Waals surface area (Å²) in [6.45, 7) is 1.91. The Morgan fingerprint density at radius 2 is 2.11 bits per heavy atom. The molecule has 6 rings (SSSR count). The van der Waals surface area contributed by atoms with Crippen molar-refractivity contribution in [1.29, 1.82) is 0 Å². The van der Waals surface area contributed by atoms with E-state index in [1.807, 2.05) is 0 Å². The molecule has 0 amide bonds. The van der Waals surface area contributed by atoms with Crippen molar-refractivity contribution in [2.45, 2.75) is 51.0 Å². The summed E-state index contributed by atoms with van der Waals surface area (Å²) < 4.78 is 39.6. The van der Waals surface area contributed by atoms with Gasteiger partial charge >= 0.3 is 6.18 Å². The fourth-order valence-corrected chi connectivity index (χ4v) is 5.53. The Labute approximate surface area is 156 Å². The summed E-state index contributed by atoms with van der Waals surface area (Å²) in [6.07, 6.45) is 4.13. The van der Waals surface area contributed by atoms with Crippen molar-refractivity contribution in [2.75, 3.05) is 11.4 Å². The Morgan fingerprint density at radius 1 is 1.26 bits per heavy atom. The van der Waals surface area contributed by atoms with E-state index in [-0.39, 0.29) is 6.04 Å². The molecule has 0 spiro atoms. The molecule has 3 fully saturated rings. The lowest BCUT2D eigenvalue weighted by Gasteiger charge is -2.50. The average Bonchev–Trinajstić information content (AvgIpc) is 3.31. The minimum absolute atomic E-state index is 0.289. The van der Waals surface area contributed by atoms with Crippen LogP contribution in [0.25, 0.3) is 0 Å². The van der Waals surface area contributed by atoms with Gasteiger partial charge in [-0.25, -0.2) is 4.98 Å². The number of rotatable bonds is 3. The van der Waals surface area contributed by atoms with Crippen molar-refractivity contribution in [3.8, 4) is 0 Å². The average molecular weight is 376 g/mol. The van der Waals surface area contributed by atoms with Gasteiger partial charge in [0.15, 0.2) is 0 Å². The van der Waals surface area contributed by atoms with Crippen molar-refractivity contribution in [3.05, 3.63) is 47.5 Å². The van der Waals surface area contributed by atoms with Crippen LogP contribution >= 0.6 is 0 Å². The molecule has 0 saturated heterocycles. The Hall–Kier alpha value is -2.02. The molecule has 0 radical (unpaired) electrons. The largest absolute Gasteiger partial charge is 0.416 e. The fraction of sp³-hybridized carbons (Fsp3) is 0.550. The molecule has 4 nitrogen and oxygen atoms in total. The first-order valence-electron chi connectivity index (χ1n) is 9.59. The third-order valence-corrected chi connectivity index (χ3v) is 6.79. The van der Waals surface area contributed by atoms with E-state index in [2.05, 4.69) is 20.2 Å². The van der Waals surface area contributed by atoms with Crippen molar-refractivity contribution in [3.63, 3.8) is 0 Å². The number of nitrogens with zero attached hydrogens (tertiary/aromatic N) is 2. The number of benzene rings is 1. The number of aromatic amines is 1. The molecule has 1 aromatic heterocycles. The molecule has 1 atom stereocenters. The van der Waals surface area contributed by atoms with Crippen LogP contribution in [-0.4, -0.2) is 22.6 Å². The number of aromatic nitrogens is 2. The van der Waals surface area contributed by atoms with E-state index in [4.69, 9.17) is 0 Å². The van der Waals surface area contributed by atoms with Gasteiger partial charge in [-0.05, 0) is 60.8 Å². The van der Waals surface area contributed by atoms with E-state index in [1.165, 1.54) is 37.8 Å². The summed E-state index contributed by atoms with van der Waals surface area (Å²) in [4.78, 5) is 9.60. The van der Waals surface area contributed by atoms with Crippen LogP contribution in [0.1, 0.15) is 42.5 Å². The van der Waals surface area contributed by atoms with Gasteiger partial charge in [0, 0.05) is 31.0 Å². The monoisotopic (exact) mass is 376 g/mol. The molecule has 2 N–H and O–H groups in total. The van der Waals surface area contributed by atoms with Gasteiger partial charge in [0.1, 0.15) is 0 Å². The Balaban J connectivity index is 1.56. The Kier molecular flexibility index (Phi) is 3.79. The van der Waals surface area contributed by atoms with Crippen LogP contribution in [0.4, 0.5) is 18.9 Å². The Bertz CT molecular complexity index is 819. The summed E-state index contributed by atoms with van der Waals surface area (Å²) >= 11 is 0. The molecule has 27 heavy (non-hydrogen) atoms. The van der Waals surface area contributed by atoms with Gasteiger partial charge in [0.25, 0.3) is 0 Å². The molecule has 1 aliphatic heterocycles. The lowest BCUT2D eigenvalue weighted by atomic mass is 9.64. The first-order valence-corrected chi connectivity index (χ1v) is 9.59. The van der Waals surface area contributed by atoms with Gasteiger partial charge < -0.3 is 15.2 Å². The number of nitrogens with one attached hydrogen (secondary N) is 2. The number of hydrogen-bond acceptors (Lipinski definition) is 3. The molecule has 2 aromatic rings. The predicted molar refractivity (Wildman–Crippen MR) is 96.1 cm³/mol. The maximum Gasteiger partial charge on any atom is 0.416 e. The highest BCUT2D eigenvalue weighted by Gasteiger charge is 2.56. The molecular weight excluding hydrogens is 353 g/mol. The van der Waals surface area contributed by atoms with Crippen LogP contribution in [0, 0.1) is 11.3 Å². The predicted octanol–water partition coefficient (Wildman–Crippen LogP) is 4.10. The van der Waals surface area contributed by atoms with Gasteiger partial charge in [-0.1, -0.05) is 0 Å². The molecule has 144 valence electrons. The second kappa shape index (κ2) is 5.99. The molecule has 3 aliphatic carbocycles. The smallest absolute Gasteiger partial charge is 0.361 e. The molecule has 3 saturated carbocycles. The minimum Gasteiger partial charge on any atom is -0.361 e. The van der Waals surface area contributed by atoms with Gasteiger partial charge in [-0.15, -0.1) is 0 Å². The number of fused-ring (bicyclic) bond motifs is 2. The van der Waals surface area contributed by atoms with Crippen LogP contribution in [0.5, 0.6) is 0 Å². The molecular formula is C20H23F3N4. The van der Waals surface area contributed by atoms with E-state index in [9.17, 15) is 13.2 Å². The molecule has 1 aromatic carbocycles. The van der Waals surface area contributed by atoms with E-state index in [1.54, 1.807) is 18.6 Å². The van der Waals surface area contributed by atoms with E-state index >= 15 is 0 Å². The summed E-state index contributed by atoms with van der Waals surface area (Å²) in [6, 6.07) is 4.48. The summed E-state index contributed by atoms with van der Waals surface area (Å²) in [7, 11) is 0. The zero-order valence-electron chi connectivity index (χ0n) is 15.0. The lowest BCUT2D eigenvalue weighted by Crippen LogP contribution is -2.54. The molecule has 4 aliphatic rings. The van der Waals surface area contributed by atoms with E-state index in [0.29, 0.717) is 18.5 Å². The van der Waals surface area contributed by atoms with Gasteiger partial charge in [-0.2, -0.15) is 13.2 Å². The van der Waals surface area contributed by atoms with Crippen LogP contribution in [0.3, 0.4) is 0 Å². The number of imidazole rings is 1. The van der Waals surface area contributed by atoms with Crippen LogP contribution in [0.15, 0.2) is 30.7 Å². The van der Waals surface area contributed by atoms with Crippen molar-refractivity contribution >= 4 is 5.69 Å². The molecule has 1 unspecified atom stereocenters. The highest BCUT2D eigenvalue weighted by Crippen LogP contribution is 2.62. The summed E-state index contributed by atoms with van der Waals surface area (Å²) in [5.41, 5.74) is 2.33. The summed E-state index contributed by atoms with van der Waals surface area (Å²) in [5.74, 6) is 0.842. The van der Waals surface area contributed by atoms with Crippen molar-refractivity contribution in [1.82, 2.24) is 15.3 Å². The second-order valence-electron chi connectivity index (χ2n) is 8.37. The minimum atomic E-state index is -4.32. The normalized spacial score (nSPS) is 30.0. The highest BCUT2D eigenvalue weighted by atomic mass is 19.4. The quantitative estimate of drug-likeness (QED) is 0.848. The zero-order valence-corrected chi connectivity index (χ0v) is 15.0. The van der Waals surface area contributed by atoms with Gasteiger partial charge in [-0.3, -0.25) is 0 Å². The van der Waals surface area contributed by atoms with Crippen LogP contribution in [0.2, 0.25) is 0 Å². The fourth-order valence-electron chi connectivity index (χ4n) is 5.53. The SMILES string of the molecule is FC(F)(F)c1ccc2c(c1)CNCC(C13CCC(C1)C3)N2Cc1cnc[nH]1. The third kappa shape index (κ3) is 2.83. The number of alkyl halides is 3. The first-order chi connectivity index (χ1) is 12.9. The number of anilines is 1.